The molecule has 1 aromatic heterocycles. The summed E-state index contributed by atoms with van der Waals surface area (Å²) in [6.07, 6.45) is 6.25. The van der Waals surface area contributed by atoms with Gasteiger partial charge < -0.3 is 9.52 Å². The van der Waals surface area contributed by atoms with Gasteiger partial charge >= 0.3 is 0 Å². The molecule has 1 aliphatic heterocycles. The molecule has 19 heavy (non-hydrogen) atoms. The monoisotopic (exact) mass is 267 g/mol. The van der Waals surface area contributed by atoms with Crippen LogP contribution >= 0.6 is 0 Å². The lowest BCUT2D eigenvalue weighted by atomic mass is 10.0. The Morgan fingerprint density at radius 3 is 2.79 bits per heavy atom. The van der Waals surface area contributed by atoms with Crippen LogP contribution in [0.15, 0.2) is 4.42 Å². The second kappa shape index (κ2) is 7.01. The minimum Gasteiger partial charge on any atom is -0.424 e. The Labute approximate surface area is 115 Å². The lowest BCUT2D eigenvalue weighted by Crippen LogP contribution is -2.36. The summed E-state index contributed by atoms with van der Waals surface area (Å²) in [6.45, 7) is 5.65. The lowest BCUT2D eigenvalue weighted by molar-refractivity contribution is 0.102. The van der Waals surface area contributed by atoms with Crippen molar-refractivity contribution in [2.24, 2.45) is 0 Å². The van der Waals surface area contributed by atoms with Crippen molar-refractivity contribution in [2.75, 3.05) is 6.54 Å². The van der Waals surface area contributed by atoms with E-state index in [1.165, 1.54) is 19.3 Å². The van der Waals surface area contributed by atoms with E-state index in [1.54, 1.807) is 0 Å². The lowest BCUT2D eigenvalue weighted by Gasteiger charge is -2.29. The summed E-state index contributed by atoms with van der Waals surface area (Å²) in [5.74, 6) is 1.41. The molecular formula is C14H25N3O2. The molecule has 1 fully saturated rings. The second-order valence-electron chi connectivity index (χ2n) is 5.50. The Bertz CT molecular complexity index is 379. The van der Waals surface area contributed by atoms with Crippen LogP contribution in [0.25, 0.3) is 0 Å². The standard InChI is InChI=1S/C14H25N3O2/c1-3-13-15-16-14(19-13)10-17-8-6-4-5-7-12(17)9-11(2)18/h11-12,18H,3-10H2,1-2H3. The molecule has 1 aromatic rings. The van der Waals surface area contributed by atoms with Crippen molar-refractivity contribution < 1.29 is 9.52 Å². The van der Waals surface area contributed by atoms with Gasteiger partial charge in [-0.3, -0.25) is 4.90 Å². The van der Waals surface area contributed by atoms with Crippen molar-refractivity contribution >= 4 is 0 Å². The molecular weight excluding hydrogens is 242 g/mol. The summed E-state index contributed by atoms with van der Waals surface area (Å²) < 4.78 is 5.60. The molecule has 5 heteroatoms. The van der Waals surface area contributed by atoms with E-state index in [2.05, 4.69) is 15.1 Å². The molecule has 0 amide bonds. The number of aromatic nitrogens is 2. The van der Waals surface area contributed by atoms with Gasteiger partial charge in [-0.25, -0.2) is 0 Å². The highest BCUT2D eigenvalue weighted by atomic mass is 16.4. The van der Waals surface area contributed by atoms with Gasteiger partial charge in [-0.2, -0.15) is 0 Å². The smallest absolute Gasteiger partial charge is 0.230 e. The Morgan fingerprint density at radius 2 is 2.11 bits per heavy atom. The highest BCUT2D eigenvalue weighted by Crippen LogP contribution is 2.22. The fraction of sp³-hybridized carbons (Fsp3) is 0.857. The third kappa shape index (κ3) is 4.28. The van der Waals surface area contributed by atoms with Gasteiger partial charge in [0.1, 0.15) is 0 Å². The fourth-order valence-corrected chi connectivity index (χ4v) is 2.77. The molecule has 1 aliphatic rings. The van der Waals surface area contributed by atoms with Crippen molar-refractivity contribution in [3.8, 4) is 0 Å². The fourth-order valence-electron chi connectivity index (χ4n) is 2.77. The number of aliphatic hydroxyl groups is 1. The maximum atomic E-state index is 9.64. The number of nitrogens with zero attached hydrogens (tertiary/aromatic N) is 3. The second-order valence-corrected chi connectivity index (χ2v) is 5.50. The third-order valence-corrected chi connectivity index (χ3v) is 3.76. The van der Waals surface area contributed by atoms with E-state index in [9.17, 15) is 5.11 Å². The highest BCUT2D eigenvalue weighted by molar-refractivity contribution is 4.85. The number of likely N-dealkylation sites (tertiary alicyclic amines) is 1. The maximum absolute atomic E-state index is 9.64. The van der Waals surface area contributed by atoms with Crippen molar-refractivity contribution in [3.63, 3.8) is 0 Å². The molecule has 2 unspecified atom stereocenters. The van der Waals surface area contributed by atoms with E-state index < -0.39 is 0 Å². The number of rotatable bonds is 5. The van der Waals surface area contributed by atoms with Crippen LogP contribution in [0.2, 0.25) is 0 Å². The van der Waals surface area contributed by atoms with Crippen LogP contribution in [0.1, 0.15) is 57.7 Å². The van der Waals surface area contributed by atoms with Crippen LogP contribution in [0.4, 0.5) is 0 Å². The Morgan fingerprint density at radius 1 is 1.32 bits per heavy atom. The first-order valence-electron chi connectivity index (χ1n) is 7.42. The van der Waals surface area contributed by atoms with Crippen LogP contribution in [0, 0.1) is 0 Å². The zero-order chi connectivity index (χ0) is 13.7. The van der Waals surface area contributed by atoms with Gasteiger partial charge in [0.15, 0.2) is 0 Å². The van der Waals surface area contributed by atoms with Crippen molar-refractivity contribution in [1.29, 1.82) is 0 Å². The predicted molar refractivity (Wildman–Crippen MR) is 72.6 cm³/mol. The molecule has 0 aliphatic carbocycles. The quantitative estimate of drug-likeness (QED) is 0.885. The van der Waals surface area contributed by atoms with Crippen LogP contribution in [0.5, 0.6) is 0 Å². The average molecular weight is 267 g/mol. The molecule has 0 saturated carbocycles. The van der Waals surface area contributed by atoms with Crippen LogP contribution in [-0.4, -0.2) is 38.9 Å². The van der Waals surface area contributed by atoms with E-state index in [-0.39, 0.29) is 6.10 Å². The van der Waals surface area contributed by atoms with E-state index in [0.29, 0.717) is 24.4 Å². The van der Waals surface area contributed by atoms with Gasteiger partial charge in [-0.05, 0) is 32.7 Å². The minimum absolute atomic E-state index is 0.250. The number of hydrogen-bond donors (Lipinski definition) is 1. The van der Waals surface area contributed by atoms with Gasteiger partial charge in [0.2, 0.25) is 11.8 Å². The predicted octanol–water partition coefficient (Wildman–Crippen LogP) is 2.15. The van der Waals surface area contributed by atoms with Crippen LogP contribution in [-0.2, 0) is 13.0 Å². The summed E-state index contributed by atoms with van der Waals surface area (Å²) in [6, 6.07) is 0.430. The summed E-state index contributed by atoms with van der Waals surface area (Å²) in [4.78, 5) is 2.40. The zero-order valence-corrected chi connectivity index (χ0v) is 12.0. The molecule has 1 N–H and O–H groups in total. The molecule has 108 valence electrons. The van der Waals surface area contributed by atoms with E-state index in [1.807, 2.05) is 13.8 Å². The van der Waals surface area contributed by atoms with Crippen molar-refractivity contribution in [1.82, 2.24) is 15.1 Å². The van der Waals surface area contributed by atoms with E-state index >= 15 is 0 Å². The SMILES string of the molecule is CCc1nnc(CN2CCCCCC2CC(C)O)o1. The van der Waals surface area contributed by atoms with Gasteiger partial charge in [0.05, 0.1) is 12.6 Å². The van der Waals surface area contributed by atoms with E-state index in [4.69, 9.17) is 4.42 Å². The van der Waals surface area contributed by atoms with Gasteiger partial charge in [-0.1, -0.05) is 19.8 Å². The molecule has 2 heterocycles. The number of aliphatic hydroxyl groups excluding tert-OH is 1. The summed E-state index contributed by atoms with van der Waals surface area (Å²) in [7, 11) is 0. The molecule has 5 nitrogen and oxygen atoms in total. The number of hydrogen-bond acceptors (Lipinski definition) is 5. The molecule has 0 spiro atoms. The molecule has 0 radical (unpaired) electrons. The first-order valence-corrected chi connectivity index (χ1v) is 7.42. The summed E-state index contributed by atoms with van der Waals surface area (Å²) in [5.41, 5.74) is 0. The molecule has 2 atom stereocenters. The van der Waals surface area contributed by atoms with Crippen molar-refractivity contribution in [3.05, 3.63) is 11.8 Å². The van der Waals surface area contributed by atoms with Crippen LogP contribution < -0.4 is 0 Å². The largest absolute Gasteiger partial charge is 0.424 e. The minimum atomic E-state index is -0.250. The Balaban J connectivity index is 2.00. The van der Waals surface area contributed by atoms with Gasteiger partial charge in [-0.15, -0.1) is 10.2 Å². The number of aryl methyl sites for hydroxylation is 1. The molecule has 0 aromatic carbocycles. The topological polar surface area (TPSA) is 62.4 Å². The molecule has 2 rings (SSSR count). The summed E-state index contributed by atoms with van der Waals surface area (Å²) in [5, 5.41) is 17.8. The highest BCUT2D eigenvalue weighted by Gasteiger charge is 2.24. The first kappa shape index (κ1) is 14.5. The zero-order valence-electron chi connectivity index (χ0n) is 12.0. The van der Waals surface area contributed by atoms with E-state index in [0.717, 1.165) is 25.8 Å². The van der Waals surface area contributed by atoms with Gasteiger partial charge in [0, 0.05) is 12.5 Å². The van der Waals surface area contributed by atoms with Crippen LogP contribution in [0.3, 0.4) is 0 Å². The third-order valence-electron chi connectivity index (χ3n) is 3.76. The maximum Gasteiger partial charge on any atom is 0.230 e. The Kier molecular flexibility index (Phi) is 5.34. The Hall–Kier alpha value is -0.940. The van der Waals surface area contributed by atoms with Gasteiger partial charge in [0.25, 0.3) is 0 Å². The first-order chi connectivity index (χ1) is 9.19. The molecule has 1 saturated heterocycles. The van der Waals surface area contributed by atoms with Crippen molar-refractivity contribution in [2.45, 2.75) is 71.1 Å². The average Bonchev–Trinajstić information content (AvgIpc) is 2.72. The molecule has 0 bridgehead atoms. The summed E-state index contributed by atoms with van der Waals surface area (Å²) >= 11 is 0. The normalized spacial score (nSPS) is 23.2.